The van der Waals surface area contributed by atoms with Gasteiger partial charge in [0.05, 0.1) is 4.90 Å². The number of hydrogen-bond acceptors (Lipinski definition) is 4. The van der Waals surface area contributed by atoms with Gasteiger partial charge in [-0.25, -0.2) is 8.42 Å². The molecule has 14 heavy (non-hydrogen) atoms. The summed E-state index contributed by atoms with van der Waals surface area (Å²) in [5.41, 5.74) is 7.54. The zero-order valence-electron chi connectivity index (χ0n) is 7.27. The van der Waals surface area contributed by atoms with E-state index in [0.29, 0.717) is 27.5 Å². The zero-order chi connectivity index (χ0) is 10.3. The largest absolute Gasteiger partial charge is 0.399 e. The Morgan fingerprint density at radius 3 is 2.71 bits per heavy atom. The Bertz CT molecular complexity index is 518. The first-order valence-electron chi connectivity index (χ1n) is 4.01. The van der Waals surface area contributed by atoms with Crippen molar-refractivity contribution in [1.82, 2.24) is 0 Å². The molecule has 1 aromatic rings. The van der Waals surface area contributed by atoms with Crippen molar-refractivity contribution in [1.29, 1.82) is 0 Å². The molecule has 0 aromatic heterocycles. The molecule has 0 aliphatic carbocycles. The third kappa shape index (κ3) is 1.33. The lowest BCUT2D eigenvalue weighted by Gasteiger charge is -2.02. The van der Waals surface area contributed by atoms with Crippen LogP contribution in [-0.4, -0.2) is 14.2 Å². The third-order valence-electron chi connectivity index (χ3n) is 2.12. The molecule has 0 saturated carbocycles. The van der Waals surface area contributed by atoms with E-state index in [1.165, 1.54) is 11.5 Å². The lowest BCUT2D eigenvalue weighted by molar-refractivity contribution is 0.605. The van der Waals surface area contributed by atoms with Gasteiger partial charge >= 0.3 is 0 Å². The second-order valence-corrected chi connectivity index (χ2v) is 5.18. The quantitative estimate of drug-likeness (QED) is 0.562. The summed E-state index contributed by atoms with van der Waals surface area (Å²) < 4.78 is 23.2. The molecule has 0 amide bonds. The van der Waals surface area contributed by atoms with Gasteiger partial charge < -0.3 is 5.73 Å². The molecule has 0 unspecified atom stereocenters. The van der Waals surface area contributed by atoms with Crippen molar-refractivity contribution in [2.75, 3.05) is 11.5 Å². The van der Waals surface area contributed by atoms with Gasteiger partial charge in [-0.3, -0.25) is 0 Å². The fraction of sp³-hybridized carbons (Fsp3) is 0.111. The number of rotatable bonds is 1. The number of sulfone groups is 1. The predicted octanol–water partition coefficient (Wildman–Crippen LogP) is 1.33. The van der Waals surface area contributed by atoms with Crippen LogP contribution in [0.3, 0.4) is 0 Å². The van der Waals surface area contributed by atoms with Gasteiger partial charge in [-0.15, -0.1) is 0 Å². The van der Waals surface area contributed by atoms with Crippen molar-refractivity contribution < 1.29 is 8.42 Å². The Balaban J connectivity index is 2.75. The van der Waals surface area contributed by atoms with E-state index in [9.17, 15) is 8.42 Å². The Morgan fingerprint density at radius 1 is 1.36 bits per heavy atom. The van der Waals surface area contributed by atoms with Crippen LogP contribution in [0.5, 0.6) is 0 Å². The smallest absolute Gasteiger partial charge is 0.200 e. The van der Waals surface area contributed by atoms with Crippen LogP contribution in [0.1, 0.15) is 5.56 Å². The van der Waals surface area contributed by atoms with Gasteiger partial charge in [-0.1, -0.05) is 0 Å². The Morgan fingerprint density at radius 2 is 2.07 bits per heavy atom. The van der Waals surface area contributed by atoms with Crippen molar-refractivity contribution >= 4 is 33.7 Å². The fourth-order valence-electron chi connectivity index (χ4n) is 1.48. The van der Waals surface area contributed by atoms with E-state index in [1.807, 2.05) is 0 Å². The van der Waals surface area contributed by atoms with Gasteiger partial charge in [-0.2, -0.15) is 12.6 Å². The van der Waals surface area contributed by atoms with Crippen molar-refractivity contribution in [2.45, 2.75) is 4.90 Å². The number of thiol groups is 1. The molecule has 5 heteroatoms. The number of hydrogen-bond donors (Lipinski definition) is 2. The van der Waals surface area contributed by atoms with Crippen molar-refractivity contribution in [3.8, 4) is 0 Å². The highest BCUT2D eigenvalue weighted by atomic mass is 32.2. The van der Waals surface area contributed by atoms with Gasteiger partial charge in [0.15, 0.2) is 0 Å². The van der Waals surface area contributed by atoms with Crippen molar-refractivity contribution in [3.05, 3.63) is 29.2 Å². The SMILES string of the molecule is Nc1ccc2c(c1)C(CS)=CS2(=O)=O. The first-order chi connectivity index (χ1) is 6.54. The standard InChI is InChI=1S/C9H9NO2S2/c10-7-1-2-9-8(3-7)6(4-13)5-14(9,11)12/h1-3,5,13H,4,10H2. The zero-order valence-corrected chi connectivity index (χ0v) is 8.98. The molecule has 0 fully saturated rings. The molecule has 1 heterocycles. The average molecular weight is 227 g/mol. The third-order valence-corrected chi connectivity index (χ3v) is 4.03. The molecule has 0 saturated heterocycles. The van der Waals surface area contributed by atoms with Gasteiger partial charge in [0.2, 0.25) is 9.84 Å². The van der Waals surface area contributed by atoms with Crippen LogP contribution in [0, 0.1) is 0 Å². The van der Waals surface area contributed by atoms with Gasteiger partial charge in [0, 0.05) is 22.4 Å². The molecule has 0 bridgehead atoms. The number of fused-ring (bicyclic) bond motifs is 1. The number of benzene rings is 1. The van der Waals surface area contributed by atoms with Crippen molar-refractivity contribution in [3.63, 3.8) is 0 Å². The Hall–Kier alpha value is -0.940. The molecular weight excluding hydrogens is 218 g/mol. The number of nitrogens with two attached hydrogens (primary N) is 1. The first-order valence-corrected chi connectivity index (χ1v) is 6.19. The number of nitrogen functional groups attached to an aromatic ring is 1. The minimum Gasteiger partial charge on any atom is -0.399 e. The summed E-state index contributed by atoms with van der Waals surface area (Å²) in [7, 11) is -3.25. The molecule has 2 rings (SSSR count). The highest BCUT2D eigenvalue weighted by molar-refractivity contribution is 7.95. The van der Waals surface area contributed by atoms with Crippen LogP contribution in [0.2, 0.25) is 0 Å². The normalized spacial score (nSPS) is 17.6. The molecule has 1 aromatic carbocycles. The molecule has 0 radical (unpaired) electrons. The van der Waals surface area contributed by atoms with Crippen LogP contribution < -0.4 is 5.73 Å². The van der Waals surface area contributed by atoms with Crippen LogP contribution in [0.4, 0.5) is 5.69 Å². The monoisotopic (exact) mass is 227 g/mol. The van der Waals surface area contributed by atoms with Crippen LogP contribution in [0.15, 0.2) is 28.5 Å². The predicted molar refractivity (Wildman–Crippen MR) is 59.9 cm³/mol. The molecule has 1 aliphatic rings. The van der Waals surface area contributed by atoms with Gasteiger partial charge in [-0.05, 0) is 23.8 Å². The van der Waals surface area contributed by atoms with E-state index in [-0.39, 0.29) is 0 Å². The van der Waals surface area contributed by atoms with Crippen LogP contribution in [-0.2, 0) is 9.84 Å². The maximum atomic E-state index is 11.6. The summed E-state index contributed by atoms with van der Waals surface area (Å²) in [5, 5.41) is 1.25. The molecule has 74 valence electrons. The van der Waals surface area contributed by atoms with E-state index in [1.54, 1.807) is 12.1 Å². The van der Waals surface area contributed by atoms with E-state index in [0.717, 1.165) is 0 Å². The summed E-state index contributed by atoms with van der Waals surface area (Å²) in [6.07, 6.45) is 0. The summed E-state index contributed by atoms with van der Waals surface area (Å²) in [5.74, 6) is 0.398. The van der Waals surface area contributed by atoms with Crippen LogP contribution in [0.25, 0.3) is 5.57 Å². The highest BCUT2D eigenvalue weighted by Crippen LogP contribution is 2.34. The molecule has 1 aliphatic heterocycles. The summed E-state index contributed by atoms with van der Waals surface area (Å²) >= 11 is 4.08. The maximum absolute atomic E-state index is 11.6. The van der Waals surface area contributed by atoms with Crippen LogP contribution >= 0.6 is 12.6 Å². The highest BCUT2D eigenvalue weighted by Gasteiger charge is 2.25. The molecule has 0 spiro atoms. The van der Waals surface area contributed by atoms with Gasteiger partial charge in [0.25, 0.3) is 0 Å². The second kappa shape index (κ2) is 3.03. The summed E-state index contributed by atoms with van der Waals surface area (Å²) in [6, 6.07) is 4.79. The minimum absolute atomic E-state index is 0.329. The first kappa shape index (κ1) is 9.61. The molecule has 3 nitrogen and oxygen atoms in total. The molecule has 2 N–H and O–H groups in total. The number of anilines is 1. The summed E-state index contributed by atoms with van der Waals surface area (Å²) in [6.45, 7) is 0. The lowest BCUT2D eigenvalue weighted by atomic mass is 10.1. The fourth-order valence-corrected chi connectivity index (χ4v) is 3.33. The molecule has 0 atom stereocenters. The Kier molecular flexibility index (Phi) is 2.08. The Labute approximate surface area is 88.0 Å². The summed E-state index contributed by atoms with van der Waals surface area (Å²) in [4.78, 5) is 0.329. The van der Waals surface area contributed by atoms with E-state index < -0.39 is 9.84 Å². The van der Waals surface area contributed by atoms with Crippen molar-refractivity contribution in [2.24, 2.45) is 0 Å². The van der Waals surface area contributed by atoms with E-state index in [4.69, 9.17) is 5.73 Å². The lowest BCUT2D eigenvalue weighted by Crippen LogP contribution is -1.94. The van der Waals surface area contributed by atoms with E-state index >= 15 is 0 Å². The van der Waals surface area contributed by atoms with E-state index in [2.05, 4.69) is 12.6 Å². The topological polar surface area (TPSA) is 60.2 Å². The maximum Gasteiger partial charge on any atom is 0.200 e. The second-order valence-electron chi connectivity index (χ2n) is 3.10. The average Bonchev–Trinajstić information content (AvgIpc) is 2.37. The molecular formula is C9H9NO2S2. The minimum atomic E-state index is -3.25. The van der Waals surface area contributed by atoms with Gasteiger partial charge in [0.1, 0.15) is 0 Å².